The zero-order valence-electron chi connectivity index (χ0n) is 21.9. The van der Waals surface area contributed by atoms with Crippen molar-refractivity contribution in [3.63, 3.8) is 0 Å². The van der Waals surface area contributed by atoms with Gasteiger partial charge in [-0.1, -0.05) is 12.8 Å². The number of aliphatic carboxylic acids is 1. The second-order valence-corrected chi connectivity index (χ2v) is 9.85. The Morgan fingerprint density at radius 1 is 1.11 bits per heavy atom. The molecule has 0 radical (unpaired) electrons. The predicted octanol–water partition coefficient (Wildman–Crippen LogP) is 5.25. The topological polar surface area (TPSA) is 110 Å². The lowest BCUT2D eigenvalue weighted by Gasteiger charge is -2.35. The zero-order valence-corrected chi connectivity index (χ0v) is 21.9. The molecule has 0 atom stereocenters. The smallest absolute Gasteiger partial charge is 0.329 e. The number of carbonyl (C=O) groups is 1. The van der Waals surface area contributed by atoms with Crippen LogP contribution in [0.25, 0.3) is 11.1 Å². The van der Waals surface area contributed by atoms with Gasteiger partial charge in [-0.25, -0.2) is 4.79 Å². The first-order chi connectivity index (χ1) is 17.9. The van der Waals surface area contributed by atoms with Gasteiger partial charge in [-0.3, -0.25) is 0 Å². The summed E-state index contributed by atoms with van der Waals surface area (Å²) in [4.78, 5) is 12.3. The Balaban J connectivity index is 1.83. The van der Waals surface area contributed by atoms with Crippen LogP contribution in [0.15, 0.2) is 24.3 Å². The molecule has 37 heavy (non-hydrogen) atoms. The van der Waals surface area contributed by atoms with E-state index in [4.69, 9.17) is 18.9 Å². The highest BCUT2D eigenvalue weighted by Gasteiger charge is 2.40. The minimum Gasteiger partial charge on any atom is -0.496 e. The van der Waals surface area contributed by atoms with Gasteiger partial charge in [-0.2, -0.15) is 5.26 Å². The van der Waals surface area contributed by atoms with Gasteiger partial charge in [0.25, 0.3) is 0 Å². The van der Waals surface area contributed by atoms with Crippen LogP contribution in [0.5, 0.6) is 11.5 Å². The molecule has 4 rings (SSSR count). The number of nitrogens with zero attached hydrogens (tertiary/aromatic N) is 1. The number of nitriles is 1. The normalized spacial score (nSPS) is 17.2. The zero-order chi connectivity index (χ0) is 26.4. The lowest BCUT2D eigenvalue weighted by molar-refractivity contribution is -0.145. The van der Waals surface area contributed by atoms with Gasteiger partial charge in [0.15, 0.2) is 0 Å². The van der Waals surface area contributed by atoms with E-state index in [1.54, 1.807) is 14.2 Å². The highest BCUT2D eigenvalue weighted by molar-refractivity contribution is 5.84. The van der Waals surface area contributed by atoms with Crippen molar-refractivity contribution in [3.05, 3.63) is 41.0 Å². The number of anilines is 1. The Labute approximate surface area is 218 Å². The molecule has 2 N–H and O–H groups in total. The van der Waals surface area contributed by atoms with E-state index in [9.17, 15) is 15.2 Å². The van der Waals surface area contributed by atoms with Crippen molar-refractivity contribution in [2.45, 2.75) is 70.1 Å². The van der Waals surface area contributed by atoms with Crippen LogP contribution in [0.4, 0.5) is 5.69 Å². The summed E-state index contributed by atoms with van der Waals surface area (Å²) in [6, 6.07) is 10.0. The average molecular weight is 509 g/mol. The summed E-state index contributed by atoms with van der Waals surface area (Å²) in [5.41, 5.74) is 3.86. The summed E-state index contributed by atoms with van der Waals surface area (Å²) in [6.07, 6.45) is 5.47. The summed E-state index contributed by atoms with van der Waals surface area (Å²) in [5, 5.41) is 23.1. The number of nitrogens with one attached hydrogen (secondary N) is 1. The van der Waals surface area contributed by atoms with Crippen molar-refractivity contribution in [2.75, 3.05) is 32.8 Å². The molecular formula is C29H36N2O6. The summed E-state index contributed by atoms with van der Waals surface area (Å²) < 4.78 is 23.0. The minimum absolute atomic E-state index is 0.156. The quantitative estimate of drug-likeness (QED) is 0.448. The number of carboxylic acids is 1. The lowest BCUT2D eigenvalue weighted by atomic mass is 9.88. The summed E-state index contributed by atoms with van der Waals surface area (Å²) >= 11 is 0. The van der Waals surface area contributed by atoms with Gasteiger partial charge in [0, 0.05) is 37.3 Å². The van der Waals surface area contributed by atoms with Crippen LogP contribution < -0.4 is 14.8 Å². The van der Waals surface area contributed by atoms with Crippen molar-refractivity contribution in [2.24, 2.45) is 0 Å². The molecule has 2 aromatic rings. The Kier molecular flexibility index (Phi) is 8.57. The molecule has 1 heterocycles. The van der Waals surface area contributed by atoms with E-state index in [-0.39, 0.29) is 12.5 Å². The average Bonchev–Trinajstić information content (AvgIpc) is 3.42. The Hall–Kier alpha value is -3.28. The fourth-order valence-corrected chi connectivity index (χ4v) is 5.43. The second-order valence-electron chi connectivity index (χ2n) is 9.85. The van der Waals surface area contributed by atoms with E-state index in [0.717, 1.165) is 53.5 Å². The maximum atomic E-state index is 12.3. The van der Waals surface area contributed by atoms with Crippen LogP contribution in [0.1, 0.15) is 55.2 Å². The van der Waals surface area contributed by atoms with E-state index in [1.807, 2.05) is 31.2 Å². The molecule has 198 valence electrons. The monoisotopic (exact) mass is 508 g/mol. The molecule has 2 fully saturated rings. The summed E-state index contributed by atoms with van der Waals surface area (Å²) in [6.45, 7) is 3.05. The largest absolute Gasteiger partial charge is 0.496 e. The standard InChI is InChI=1S/C29H36N2O6/c1-19-25(34-2)16-21(17-26(19)35-3)27-20(8-11-30)14-23(15-22(27)18-37-24-6-4-5-7-24)31-29(28(32)33)9-12-36-13-10-29/h14-17,24,31H,4-10,12-13,18H2,1-3H3,(H,32,33). The maximum Gasteiger partial charge on any atom is 0.329 e. The number of rotatable bonds is 10. The number of carboxylic acid groups (broad SMARTS) is 1. The summed E-state index contributed by atoms with van der Waals surface area (Å²) in [5.74, 6) is 0.474. The molecule has 1 saturated heterocycles. The third-order valence-corrected chi connectivity index (χ3v) is 7.53. The third kappa shape index (κ3) is 5.84. The van der Waals surface area contributed by atoms with Crippen LogP contribution in [-0.2, 0) is 27.3 Å². The fraction of sp³-hybridized carbons (Fsp3) is 0.517. The van der Waals surface area contributed by atoms with Crippen LogP contribution in [0.3, 0.4) is 0 Å². The van der Waals surface area contributed by atoms with Gasteiger partial charge in [-0.15, -0.1) is 0 Å². The molecule has 8 nitrogen and oxygen atoms in total. The van der Waals surface area contributed by atoms with Gasteiger partial charge >= 0.3 is 5.97 Å². The van der Waals surface area contributed by atoms with Crippen LogP contribution in [0.2, 0.25) is 0 Å². The molecule has 0 bridgehead atoms. The van der Waals surface area contributed by atoms with E-state index in [1.165, 1.54) is 0 Å². The SMILES string of the molecule is COc1cc(-c2c(CC#N)cc(NC3(C(=O)O)CCOCC3)cc2COC2CCCC2)cc(OC)c1C. The number of ether oxygens (including phenoxy) is 4. The van der Waals surface area contributed by atoms with Gasteiger partial charge < -0.3 is 29.4 Å². The van der Waals surface area contributed by atoms with Crippen molar-refractivity contribution in [3.8, 4) is 28.7 Å². The van der Waals surface area contributed by atoms with Gasteiger partial charge in [0.1, 0.15) is 17.0 Å². The Bertz CT molecular complexity index is 1130. The lowest BCUT2D eigenvalue weighted by Crippen LogP contribution is -2.50. The third-order valence-electron chi connectivity index (χ3n) is 7.53. The highest BCUT2D eigenvalue weighted by atomic mass is 16.5. The molecule has 2 aliphatic rings. The van der Waals surface area contributed by atoms with E-state index < -0.39 is 11.5 Å². The Morgan fingerprint density at radius 2 is 1.73 bits per heavy atom. The molecular weight excluding hydrogens is 472 g/mol. The maximum absolute atomic E-state index is 12.3. The second kappa shape index (κ2) is 11.8. The molecule has 8 heteroatoms. The first-order valence-electron chi connectivity index (χ1n) is 12.9. The molecule has 1 saturated carbocycles. The molecule has 2 aromatic carbocycles. The first-order valence-corrected chi connectivity index (χ1v) is 12.9. The number of methoxy groups -OCH3 is 2. The van der Waals surface area contributed by atoms with Gasteiger partial charge in [0.05, 0.1) is 39.4 Å². The Morgan fingerprint density at radius 3 is 2.30 bits per heavy atom. The van der Waals surface area contributed by atoms with Crippen LogP contribution in [0, 0.1) is 18.3 Å². The molecule has 1 aliphatic heterocycles. The van der Waals surface area contributed by atoms with Crippen molar-refractivity contribution in [1.29, 1.82) is 5.26 Å². The molecule has 0 amide bonds. The number of hydrogen-bond acceptors (Lipinski definition) is 7. The minimum atomic E-state index is -1.12. The predicted molar refractivity (Wildman–Crippen MR) is 140 cm³/mol. The van der Waals surface area contributed by atoms with Gasteiger partial charge in [0.2, 0.25) is 0 Å². The van der Waals surface area contributed by atoms with Crippen molar-refractivity contribution < 1.29 is 28.8 Å². The van der Waals surface area contributed by atoms with E-state index in [2.05, 4.69) is 11.4 Å². The molecule has 0 spiro atoms. The van der Waals surface area contributed by atoms with Crippen molar-refractivity contribution in [1.82, 2.24) is 0 Å². The number of benzene rings is 2. The molecule has 1 aliphatic carbocycles. The molecule has 0 aromatic heterocycles. The van der Waals surface area contributed by atoms with Crippen LogP contribution in [-0.4, -0.2) is 50.2 Å². The van der Waals surface area contributed by atoms with E-state index >= 15 is 0 Å². The number of hydrogen-bond donors (Lipinski definition) is 2. The highest BCUT2D eigenvalue weighted by Crippen LogP contribution is 2.40. The fourth-order valence-electron chi connectivity index (χ4n) is 5.43. The van der Waals surface area contributed by atoms with E-state index in [0.29, 0.717) is 49.8 Å². The molecule has 0 unspecified atom stereocenters. The first kappa shape index (κ1) is 26.8. The van der Waals surface area contributed by atoms with Crippen molar-refractivity contribution >= 4 is 11.7 Å². The van der Waals surface area contributed by atoms with Gasteiger partial charge in [-0.05, 0) is 66.3 Å². The van der Waals surface area contributed by atoms with Crippen LogP contribution >= 0.6 is 0 Å². The summed E-state index contributed by atoms with van der Waals surface area (Å²) in [7, 11) is 3.25.